The Morgan fingerprint density at radius 1 is 1.10 bits per heavy atom. The Morgan fingerprint density at radius 3 is 2.43 bits per heavy atom. The van der Waals surface area contributed by atoms with Crippen molar-refractivity contribution in [2.24, 2.45) is 0 Å². The number of ketones is 1. The van der Waals surface area contributed by atoms with E-state index in [4.69, 9.17) is 0 Å². The first-order valence-electron chi connectivity index (χ1n) is 7.04. The molecule has 0 aliphatic carbocycles. The fourth-order valence-electron chi connectivity index (χ4n) is 1.73. The summed E-state index contributed by atoms with van der Waals surface area (Å²) in [6.45, 7) is 2.64. The number of hydrogen-bond donors (Lipinski definition) is 2. The van der Waals surface area contributed by atoms with E-state index in [2.05, 4.69) is 15.6 Å². The first-order valence-corrected chi connectivity index (χ1v) is 7.04. The zero-order chi connectivity index (χ0) is 15.5. The number of unbranched alkanes of at least 4 members (excludes halogenated alkanes) is 1. The number of nitrogens with zero attached hydrogens (tertiary/aromatic N) is 1. The van der Waals surface area contributed by atoms with Gasteiger partial charge >= 0.3 is 0 Å². The van der Waals surface area contributed by atoms with Gasteiger partial charge in [0, 0.05) is 50.8 Å². The molecule has 0 saturated carbocycles. The summed E-state index contributed by atoms with van der Waals surface area (Å²) in [6.07, 6.45) is 5.08. The average molecular weight is 291 g/mol. The predicted molar refractivity (Wildman–Crippen MR) is 78.7 cm³/mol. The molecule has 6 nitrogen and oxygen atoms in total. The Balaban J connectivity index is 2.09. The van der Waals surface area contributed by atoms with Crippen molar-refractivity contribution in [3.8, 4) is 0 Å². The van der Waals surface area contributed by atoms with Crippen molar-refractivity contribution in [1.82, 2.24) is 15.6 Å². The second-order valence-electron chi connectivity index (χ2n) is 4.70. The fourth-order valence-corrected chi connectivity index (χ4v) is 1.73. The SMILES string of the molecule is CC(=O)NCCCCNC(=O)CCC(=O)c1cccnc1. The lowest BCUT2D eigenvalue weighted by Crippen LogP contribution is -2.26. The molecular weight excluding hydrogens is 270 g/mol. The first kappa shape index (κ1) is 16.8. The Bertz CT molecular complexity index is 474. The van der Waals surface area contributed by atoms with Crippen LogP contribution in [0, 0.1) is 0 Å². The molecule has 2 N–H and O–H groups in total. The van der Waals surface area contributed by atoms with E-state index in [1.807, 2.05) is 0 Å². The summed E-state index contributed by atoms with van der Waals surface area (Å²) >= 11 is 0. The van der Waals surface area contributed by atoms with E-state index in [1.54, 1.807) is 18.3 Å². The second kappa shape index (κ2) is 9.63. The van der Waals surface area contributed by atoms with Crippen LogP contribution in [0.25, 0.3) is 0 Å². The zero-order valence-corrected chi connectivity index (χ0v) is 12.2. The number of carbonyl (C=O) groups is 3. The van der Waals surface area contributed by atoms with E-state index < -0.39 is 0 Å². The molecule has 1 heterocycles. The Morgan fingerprint density at radius 2 is 1.81 bits per heavy atom. The highest BCUT2D eigenvalue weighted by molar-refractivity contribution is 5.97. The third-order valence-electron chi connectivity index (χ3n) is 2.86. The highest BCUT2D eigenvalue weighted by Gasteiger charge is 2.08. The summed E-state index contributed by atoms with van der Waals surface area (Å²) in [4.78, 5) is 37.8. The van der Waals surface area contributed by atoms with E-state index in [9.17, 15) is 14.4 Å². The molecule has 0 spiro atoms. The zero-order valence-electron chi connectivity index (χ0n) is 12.2. The van der Waals surface area contributed by atoms with Gasteiger partial charge in [-0.05, 0) is 25.0 Å². The van der Waals surface area contributed by atoms with Crippen molar-refractivity contribution in [1.29, 1.82) is 0 Å². The van der Waals surface area contributed by atoms with Crippen molar-refractivity contribution in [2.45, 2.75) is 32.6 Å². The predicted octanol–water partition coefficient (Wildman–Crippen LogP) is 1.08. The smallest absolute Gasteiger partial charge is 0.220 e. The molecule has 2 amide bonds. The van der Waals surface area contributed by atoms with Gasteiger partial charge in [-0.2, -0.15) is 0 Å². The molecule has 114 valence electrons. The molecule has 1 rings (SSSR count). The molecule has 0 atom stereocenters. The van der Waals surface area contributed by atoms with Crippen LogP contribution in [0.4, 0.5) is 0 Å². The molecule has 6 heteroatoms. The van der Waals surface area contributed by atoms with Crippen LogP contribution in [-0.4, -0.2) is 35.7 Å². The molecule has 0 aliphatic heterocycles. The van der Waals surface area contributed by atoms with E-state index in [0.29, 0.717) is 18.7 Å². The van der Waals surface area contributed by atoms with Gasteiger partial charge < -0.3 is 10.6 Å². The standard InChI is InChI=1S/C15H21N3O3/c1-12(19)17-9-2-3-10-18-15(21)7-6-14(20)13-5-4-8-16-11-13/h4-5,8,11H,2-3,6-7,9-10H2,1H3,(H,17,19)(H,18,21). The molecule has 0 bridgehead atoms. The average Bonchev–Trinajstić information content (AvgIpc) is 2.49. The van der Waals surface area contributed by atoms with Gasteiger partial charge in [0.15, 0.2) is 5.78 Å². The highest BCUT2D eigenvalue weighted by atomic mass is 16.2. The lowest BCUT2D eigenvalue weighted by atomic mass is 10.1. The van der Waals surface area contributed by atoms with Crippen LogP contribution < -0.4 is 10.6 Å². The highest BCUT2D eigenvalue weighted by Crippen LogP contribution is 2.03. The van der Waals surface area contributed by atoms with E-state index in [1.165, 1.54) is 13.1 Å². The second-order valence-corrected chi connectivity index (χ2v) is 4.70. The summed E-state index contributed by atoms with van der Waals surface area (Å²) in [7, 11) is 0. The van der Waals surface area contributed by atoms with Crippen LogP contribution in [0.5, 0.6) is 0 Å². The molecule has 0 fully saturated rings. The van der Waals surface area contributed by atoms with Gasteiger partial charge in [-0.25, -0.2) is 0 Å². The van der Waals surface area contributed by atoms with Crippen LogP contribution in [-0.2, 0) is 9.59 Å². The molecule has 0 saturated heterocycles. The maximum absolute atomic E-state index is 11.8. The summed E-state index contributed by atoms with van der Waals surface area (Å²) in [5.41, 5.74) is 0.528. The maximum atomic E-state index is 11.8. The Kier molecular flexibility index (Phi) is 7.71. The number of nitrogens with one attached hydrogen (secondary N) is 2. The third kappa shape index (κ3) is 7.81. The monoisotopic (exact) mass is 291 g/mol. The van der Waals surface area contributed by atoms with Gasteiger partial charge in [-0.15, -0.1) is 0 Å². The van der Waals surface area contributed by atoms with Gasteiger partial charge in [-0.3, -0.25) is 19.4 Å². The van der Waals surface area contributed by atoms with Gasteiger partial charge in [0.2, 0.25) is 11.8 Å². The van der Waals surface area contributed by atoms with Gasteiger partial charge in [-0.1, -0.05) is 0 Å². The van der Waals surface area contributed by atoms with Crippen LogP contribution in [0.1, 0.15) is 43.0 Å². The topological polar surface area (TPSA) is 88.2 Å². The van der Waals surface area contributed by atoms with Crippen molar-refractivity contribution in [3.05, 3.63) is 30.1 Å². The minimum absolute atomic E-state index is 0.0482. The molecule has 1 aromatic rings. The molecule has 0 unspecified atom stereocenters. The van der Waals surface area contributed by atoms with Crippen LogP contribution in [0.2, 0.25) is 0 Å². The largest absolute Gasteiger partial charge is 0.356 e. The lowest BCUT2D eigenvalue weighted by molar-refractivity contribution is -0.121. The van der Waals surface area contributed by atoms with Gasteiger partial charge in [0.25, 0.3) is 0 Å². The number of aromatic nitrogens is 1. The summed E-state index contributed by atoms with van der Waals surface area (Å²) < 4.78 is 0. The third-order valence-corrected chi connectivity index (χ3v) is 2.86. The molecule has 1 aromatic heterocycles. The van der Waals surface area contributed by atoms with Gasteiger partial charge in [0.05, 0.1) is 0 Å². The minimum atomic E-state index is -0.133. The maximum Gasteiger partial charge on any atom is 0.220 e. The summed E-state index contributed by atoms with van der Waals surface area (Å²) in [5, 5.41) is 5.45. The van der Waals surface area contributed by atoms with Crippen molar-refractivity contribution in [3.63, 3.8) is 0 Å². The number of hydrogen-bond acceptors (Lipinski definition) is 4. The van der Waals surface area contributed by atoms with E-state index in [-0.39, 0.29) is 30.4 Å². The molecular formula is C15H21N3O3. The van der Waals surface area contributed by atoms with Crippen LogP contribution >= 0.6 is 0 Å². The summed E-state index contributed by atoms with van der Waals surface area (Å²) in [5.74, 6) is -0.261. The number of Topliss-reactive ketones (excluding diaryl/α,β-unsaturated/α-hetero) is 1. The molecule has 0 aromatic carbocycles. The quantitative estimate of drug-likeness (QED) is 0.526. The van der Waals surface area contributed by atoms with Crippen LogP contribution in [0.15, 0.2) is 24.5 Å². The number of pyridine rings is 1. The Labute approximate surface area is 124 Å². The van der Waals surface area contributed by atoms with Gasteiger partial charge in [0.1, 0.15) is 0 Å². The Hall–Kier alpha value is -2.24. The number of rotatable bonds is 9. The molecule has 0 aliphatic rings. The number of amides is 2. The van der Waals surface area contributed by atoms with Crippen molar-refractivity contribution in [2.75, 3.05) is 13.1 Å². The van der Waals surface area contributed by atoms with Crippen molar-refractivity contribution >= 4 is 17.6 Å². The van der Waals surface area contributed by atoms with Crippen LogP contribution in [0.3, 0.4) is 0 Å². The van der Waals surface area contributed by atoms with E-state index >= 15 is 0 Å². The van der Waals surface area contributed by atoms with E-state index in [0.717, 1.165) is 12.8 Å². The molecule has 21 heavy (non-hydrogen) atoms. The van der Waals surface area contributed by atoms with Crippen molar-refractivity contribution < 1.29 is 14.4 Å². The fraction of sp³-hybridized carbons (Fsp3) is 0.467. The number of carbonyl (C=O) groups excluding carboxylic acids is 3. The summed E-state index contributed by atoms with van der Waals surface area (Å²) in [6, 6.07) is 3.39. The first-order chi connectivity index (χ1) is 10.1. The lowest BCUT2D eigenvalue weighted by Gasteiger charge is -2.05. The minimum Gasteiger partial charge on any atom is -0.356 e. The normalized spacial score (nSPS) is 9.95. The molecule has 0 radical (unpaired) electrons.